The minimum absolute atomic E-state index is 0.146. The van der Waals surface area contributed by atoms with Crippen molar-refractivity contribution in [2.24, 2.45) is 0 Å². The molecule has 0 radical (unpaired) electrons. The van der Waals surface area contributed by atoms with E-state index in [4.69, 9.17) is 0 Å². The minimum atomic E-state index is -3.76. The van der Waals surface area contributed by atoms with E-state index in [0.717, 1.165) is 9.87 Å². The van der Waals surface area contributed by atoms with Gasteiger partial charge in [-0.05, 0) is 38.8 Å². The zero-order valence-electron chi connectivity index (χ0n) is 11.0. The molecule has 1 aromatic carbocycles. The zero-order chi connectivity index (χ0) is 14.3. The van der Waals surface area contributed by atoms with Gasteiger partial charge in [0.2, 0.25) is 10.0 Å². The molecule has 1 fully saturated rings. The first kappa shape index (κ1) is 14.0. The largest absolute Gasteiger partial charge is 0.480 e. The van der Waals surface area contributed by atoms with Gasteiger partial charge in [0.15, 0.2) is 0 Å². The van der Waals surface area contributed by atoms with Gasteiger partial charge in [-0.2, -0.15) is 4.31 Å². The molecule has 1 aliphatic rings. The molecule has 6 heteroatoms. The molecule has 1 aromatic rings. The Hall–Kier alpha value is -1.40. The number of carbonyl (C=O) groups is 1. The maximum atomic E-state index is 12.5. The monoisotopic (exact) mass is 283 g/mol. The lowest BCUT2D eigenvalue weighted by atomic mass is 10.0. The quantitative estimate of drug-likeness (QED) is 0.914. The first-order valence-corrected chi connectivity index (χ1v) is 7.55. The predicted octanol–water partition coefficient (Wildman–Crippen LogP) is 1.62. The fourth-order valence-electron chi connectivity index (χ4n) is 2.37. The van der Waals surface area contributed by atoms with E-state index in [-0.39, 0.29) is 11.4 Å². The van der Waals surface area contributed by atoms with E-state index in [9.17, 15) is 18.3 Å². The lowest BCUT2D eigenvalue weighted by molar-refractivity contribution is -0.146. The van der Waals surface area contributed by atoms with Crippen molar-refractivity contribution in [1.82, 2.24) is 4.31 Å². The first-order valence-electron chi connectivity index (χ1n) is 6.11. The van der Waals surface area contributed by atoms with Gasteiger partial charge in [-0.25, -0.2) is 8.42 Å². The Labute approximate surface area is 112 Å². The molecule has 1 atom stereocenters. The lowest BCUT2D eigenvalue weighted by Crippen LogP contribution is -2.50. The maximum Gasteiger partial charge on any atom is 0.324 e. The molecule has 19 heavy (non-hydrogen) atoms. The Balaban J connectivity index is 2.45. The van der Waals surface area contributed by atoms with E-state index in [1.54, 1.807) is 12.1 Å². The van der Waals surface area contributed by atoms with Crippen molar-refractivity contribution >= 4 is 16.0 Å². The van der Waals surface area contributed by atoms with Gasteiger partial charge in [0.1, 0.15) is 5.54 Å². The Kier molecular flexibility index (Phi) is 3.40. The Morgan fingerprint density at radius 3 is 2.42 bits per heavy atom. The zero-order valence-corrected chi connectivity index (χ0v) is 11.8. The van der Waals surface area contributed by atoms with Crippen LogP contribution in [0.2, 0.25) is 0 Å². The lowest BCUT2D eigenvalue weighted by Gasteiger charge is -2.30. The molecule has 5 nitrogen and oxygen atoms in total. The molecule has 0 amide bonds. The number of benzene rings is 1. The van der Waals surface area contributed by atoms with Crippen LogP contribution in [0, 0.1) is 6.92 Å². The molecule has 0 aliphatic carbocycles. The summed E-state index contributed by atoms with van der Waals surface area (Å²) in [5, 5.41) is 9.29. The molecule has 0 saturated carbocycles. The number of nitrogens with zero attached hydrogens (tertiary/aromatic N) is 1. The number of rotatable bonds is 3. The second-order valence-electron chi connectivity index (χ2n) is 5.07. The van der Waals surface area contributed by atoms with Crippen LogP contribution in [0.5, 0.6) is 0 Å². The molecule has 1 aliphatic heterocycles. The molecule has 1 N–H and O–H groups in total. The van der Waals surface area contributed by atoms with Crippen LogP contribution in [0.1, 0.15) is 25.3 Å². The summed E-state index contributed by atoms with van der Waals surface area (Å²) in [5.74, 6) is -1.10. The third kappa shape index (κ3) is 2.26. The van der Waals surface area contributed by atoms with Gasteiger partial charge in [0, 0.05) is 6.54 Å². The van der Waals surface area contributed by atoms with Crippen molar-refractivity contribution in [2.75, 3.05) is 6.54 Å². The van der Waals surface area contributed by atoms with Gasteiger partial charge >= 0.3 is 5.97 Å². The number of sulfonamides is 1. The average molecular weight is 283 g/mol. The van der Waals surface area contributed by atoms with Crippen molar-refractivity contribution in [1.29, 1.82) is 0 Å². The van der Waals surface area contributed by atoms with Gasteiger partial charge in [-0.1, -0.05) is 17.7 Å². The normalized spacial score (nSPS) is 24.5. The van der Waals surface area contributed by atoms with Crippen LogP contribution in [0.3, 0.4) is 0 Å². The second-order valence-corrected chi connectivity index (χ2v) is 6.94. The van der Waals surface area contributed by atoms with Crippen molar-refractivity contribution in [2.45, 2.75) is 37.1 Å². The van der Waals surface area contributed by atoms with Crippen molar-refractivity contribution in [3.8, 4) is 0 Å². The van der Waals surface area contributed by atoms with Gasteiger partial charge in [0.05, 0.1) is 4.90 Å². The summed E-state index contributed by atoms with van der Waals surface area (Å²) < 4.78 is 26.2. The maximum absolute atomic E-state index is 12.5. The number of aliphatic carboxylic acids is 1. The molecule has 0 spiro atoms. The number of aryl methyl sites for hydroxylation is 1. The molecule has 0 unspecified atom stereocenters. The highest BCUT2D eigenvalue weighted by atomic mass is 32.2. The Morgan fingerprint density at radius 1 is 1.32 bits per heavy atom. The molecule has 2 rings (SSSR count). The first-order chi connectivity index (χ1) is 8.78. The number of hydrogen-bond donors (Lipinski definition) is 1. The van der Waals surface area contributed by atoms with Crippen LogP contribution in [-0.2, 0) is 14.8 Å². The average Bonchev–Trinajstić information content (AvgIpc) is 2.74. The van der Waals surface area contributed by atoms with Gasteiger partial charge in [-0.15, -0.1) is 0 Å². The molecule has 1 heterocycles. The van der Waals surface area contributed by atoms with Crippen molar-refractivity contribution in [3.05, 3.63) is 29.8 Å². The molecular weight excluding hydrogens is 266 g/mol. The SMILES string of the molecule is Cc1ccc(S(=O)(=O)N2CCC[C@@]2(C)C(=O)O)cc1. The van der Waals surface area contributed by atoms with E-state index in [1.165, 1.54) is 19.1 Å². The highest BCUT2D eigenvalue weighted by molar-refractivity contribution is 7.89. The standard InChI is InChI=1S/C13H17NO4S/c1-10-4-6-11(7-5-10)19(17,18)14-9-3-8-13(14,2)12(15)16/h4-7H,3,8-9H2,1-2H3,(H,15,16)/t13-/m0/s1. The number of carboxylic acids is 1. The summed E-state index contributed by atoms with van der Waals surface area (Å²) in [7, 11) is -3.76. The molecule has 1 saturated heterocycles. The van der Waals surface area contributed by atoms with E-state index < -0.39 is 21.5 Å². The van der Waals surface area contributed by atoms with Crippen LogP contribution in [0.4, 0.5) is 0 Å². The molecule has 0 bridgehead atoms. The predicted molar refractivity (Wildman–Crippen MR) is 70.3 cm³/mol. The summed E-state index contributed by atoms with van der Waals surface area (Å²) in [6.45, 7) is 3.58. The Bertz CT molecular complexity index is 594. The van der Waals surface area contributed by atoms with Crippen LogP contribution in [0.15, 0.2) is 29.2 Å². The highest BCUT2D eigenvalue weighted by Crippen LogP contribution is 2.34. The van der Waals surface area contributed by atoms with E-state index >= 15 is 0 Å². The van der Waals surface area contributed by atoms with Crippen LogP contribution in [0.25, 0.3) is 0 Å². The topological polar surface area (TPSA) is 74.7 Å². The van der Waals surface area contributed by atoms with Gasteiger partial charge < -0.3 is 5.11 Å². The number of hydrogen-bond acceptors (Lipinski definition) is 3. The second kappa shape index (κ2) is 4.61. The van der Waals surface area contributed by atoms with Gasteiger partial charge in [0.25, 0.3) is 0 Å². The minimum Gasteiger partial charge on any atom is -0.480 e. The van der Waals surface area contributed by atoms with E-state index in [2.05, 4.69) is 0 Å². The third-order valence-corrected chi connectivity index (χ3v) is 5.68. The van der Waals surface area contributed by atoms with Crippen LogP contribution < -0.4 is 0 Å². The van der Waals surface area contributed by atoms with Crippen molar-refractivity contribution < 1.29 is 18.3 Å². The smallest absolute Gasteiger partial charge is 0.324 e. The van der Waals surface area contributed by atoms with Crippen molar-refractivity contribution in [3.63, 3.8) is 0 Å². The third-order valence-electron chi connectivity index (χ3n) is 3.64. The fraction of sp³-hybridized carbons (Fsp3) is 0.462. The highest BCUT2D eigenvalue weighted by Gasteiger charge is 2.49. The van der Waals surface area contributed by atoms with E-state index in [0.29, 0.717) is 12.8 Å². The summed E-state index contributed by atoms with van der Waals surface area (Å²) >= 11 is 0. The van der Waals surface area contributed by atoms with Gasteiger partial charge in [-0.3, -0.25) is 4.79 Å². The summed E-state index contributed by atoms with van der Waals surface area (Å²) in [5.41, 5.74) is -0.384. The molecule has 0 aromatic heterocycles. The summed E-state index contributed by atoms with van der Waals surface area (Å²) in [4.78, 5) is 11.5. The van der Waals surface area contributed by atoms with Crippen LogP contribution >= 0.6 is 0 Å². The van der Waals surface area contributed by atoms with Crippen LogP contribution in [-0.4, -0.2) is 35.9 Å². The fourth-order valence-corrected chi connectivity index (χ4v) is 4.18. The Morgan fingerprint density at radius 2 is 1.89 bits per heavy atom. The van der Waals surface area contributed by atoms with E-state index in [1.807, 2.05) is 6.92 Å². The molecular formula is C13H17NO4S. The molecule has 104 valence electrons. The number of carboxylic acid groups (broad SMARTS) is 1. The summed E-state index contributed by atoms with van der Waals surface area (Å²) in [6, 6.07) is 6.46. The summed E-state index contributed by atoms with van der Waals surface area (Å²) in [6.07, 6.45) is 0.904.